The van der Waals surface area contributed by atoms with Crippen molar-refractivity contribution in [3.63, 3.8) is 0 Å². The van der Waals surface area contributed by atoms with Gasteiger partial charge in [0.05, 0.1) is 6.04 Å². The highest BCUT2D eigenvalue weighted by molar-refractivity contribution is 5.87. The average molecular weight is 299 g/mol. The van der Waals surface area contributed by atoms with E-state index in [-0.39, 0.29) is 18.1 Å². The number of carboxylic acid groups (broad SMARTS) is 1. The molecule has 0 bridgehead atoms. The molecule has 0 spiro atoms. The molecule has 0 aliphatic heterocycles. The second-order valence-electron chi connectivity index (χ2n) is 5.90. The van der Waals surface area contributed by atoms with Crippen molar-refractivity contribution in [2.45, 2.75) is 59.1 Å². The van der Waals surface area contributed by atoms with Crippen molar-refractivity contribution in [2.75, 3.05) is 0 Å². The Labute approximate surface area is 125 Å². The van der Waals surface area contributed by atoms with Crippen LogP contribution in [0.25, 0.3) is 0 Å². The third-order valence-corrected chi connectivity index (χ3v) is 2.71. The minimum absolute atomic E-state index is 0.156. The Morgan fingerprint density at radius 3 is 2.29 bits per heavy atom. The van der Waals surface area contributed by atoms with Gasteiger partial charge in [0.2, 0.25) is 0 Å². The monoisotopic (exact) mass is 299 g/mol. The fraction of sp³-hybridized carbons (Fsp3) is 0.667. The van der Waals surface area contributed by atoms with Gasteiger partial charge in [-0.25, -0.2) is 9.59 Å². The van der Waals surface area contributed by atoms with Crippen LogP contribution in [0.3, 0.4) is 0 Å². The first kappa shape index (κ1) is 19.1. The molecule has 0 saturated heterocycles. The van der Waals surface area contributed by atoms with Crippen LogP contribution in [0.5, 0.6) is 0 Å². The number of rotatable bonds is 7. The molecule has 0 aromatic heterocycles. The average Bonchev–Trinajstić information content (AvgIpc) is 2.31. The quantitative estimate of drug-likeness (QED) is 0.705. The molecule has 1 amide bonds. The van der Waals surface area contributed by atoms with Crippen LogP contribution >= 0.6 is 0 Å². The number of allylic oxidation sites excluding steroid dienone is 1. The molecule has 6 nitrogen and oxygen atoms in total. The van der Waals surface area contributed by atoms with Gasteiger partial charge in [0.1, 0.15) is 5.60 Å². The van der Waals surface area contributed by atoms with Gasteiger partial charge in [-0.1, -0.05) is 13.0 Å². The fourth-order valence-corrected chi connectivity index (χ4v) is 1.57. The van der Waals surface area contributed by atoms with E-state index < -0.39 is 23.7 Å². The summed E-state index contributed by atoms with van der Waals surface area (Å²) >= 11 is 0. The number of nitrogens with one attached hydrogen (secondary N) is 1. The number of carbonyl (C=O) groups excluding carboxylic acids is 2. The van der Waals surface area contributed by atoms with E-state index >= 15 is 0 Å². The maximum absolute atomic E-state index is 12.0. The molecule has 120 valence electrons. The summed E-state index contributed by atoms with van der Waals surface area (Å²) in [5.74, 6) is -1.36. The van der Waals surface area contributed by atoms with E-state index in [4.69, 9.17) is 9.84 Å². The largest absolute Gasteiger partial charge is 0.478 e. The number of amides is 1. The van der Waals surface area contributed by atoms with Crippen LogP contribution in [-0.2, 0) is 14.3 Å². The Kier molecular flexibility index (Phi) is 7.70. The van der Waals surface area contributed by atoms with Crippen LogP contribution in [0.1, 0.15) is 47.5 Å². The van der Waals surface area contributed by atoms with Crippen LogP contribution in [-0.4, -0.2) is 34.6 Å². The fourth-order valence-electron chi connectivity index (χ4n) is 1.57. The van der Waals surface area contributed by atoms with Gasteiger partial charge < -0.3 is 15.2 Å². The number of Topliss-reactive ketones (excluding diaryl/α,β-unsaturated/α-hetero) is 1. The molecule has 0 fully saturated rings. The SMILES string of the molecule is CC[C@@H](/C=C/C(=O)O)CC(=O)[C@H](C)NC(=O)OC(C)(C)C. The zero-order valence-electron chi connectivity index (χ0n) is 13.3. The number of hydrogen-bond acceptors (Lipinski definition) is 4. The van der Waals surface area contributed by atoms with Crippen LogP contribution in [0, 0.1) is 5.92 Å². The van der Waals surface area contributed by atoms with Gasteiger partial charge in [-0.2, -0.15) is 0 Å². The van der Waals surface area contributed by atoms with Crippen molar-refractivity contribution in [1.82, 2.24) is 5.32 Å². The Balaban J connectivity index is 4.43. The van der Waals surface area contributed by atoms with Gasteiger partial charge in [0.15, 0.2) is 5.78 Å². The van der Waals surface area contributed by atoms with Gasteiger partial charge in [0, 0.05) is 12.5 Å². The molecule has 6 heteroatoms. The lowest BCUT2D eigenvalue weighted by molar-refractivity contribution is -0.131. The third kappa shape index (κ3) is 9.65. The Bertz CT molecular complexity index is 409. The lowest BCUT2D eigenvalue weighted by Crippen LogP contribution is -2.42. The van der Waals surface area contributed by atoms with Crippen LogP contribution in [0.15, 0.2) is 12.2 Å². The molecule has 2 N–H and O–H groups in total. The van der Waals surface area contributed by atoms with Crippen molar-refractivity contribution >= 4 is 17.8 Å². The van der Waals surface area contributed by atoms with E-state index in [0.717, 1.165) is 6.08 Å². The number of carboxylic acids is 1. The van der Waals surface area contributed by atoms with Gasteiger partial charge in [-0.3, -0.25) is 4.79 Å². The molecule has 0 saturated carbocycles. The molecular weight excluding hydrogens is 274 g/mol. The summed E-state index contributed by atoms with van der Waals surface area (Å²) in [4.78, 5) is 34.0. The van der Waals surface area contributed by atoms with E-state index in [1.807, 2.05) is 6.92 Å². The molecule has 0 rings (SSSR count). The smallest absolute Gasteiger partial charge is 0.408 e. The summed E-state index contributed by atoms with van der Waals surface area (Å²) in [6, 6.07) is -0.674. The summed E-state index contributed by atoms with van der Waals surface area (Å²) in [7, 11) is 0. The van der Waals surface area contributed by atoms with Crippen molar-refractivity contribution < 1.29 is 24.2 Å². The molecule has 21 heavy (non-hydrogen) atoms. The standard InChI is InChI=1S/C15H25NO5/c1-6-11(7-8-13(18)19)9-12(17)10(2)16-14(20)21-15(3,4)5/h7-8,10-11H,6,9H2,1-5H3,(H,16,20)(H,18,19)/b8-7+/t10-,11-/m0/s1. The molecule has 2 atom stereocenters. The van der Waals surface area contributed by atoms with Crippen molar-refractivity contribution in [2.24, 2.45) is 5.92 Å². The molecular formula is C15H25NO5. The highest BCUT2D eigenvalue weighted by Crippen LogP contribution is 2.12. The maximum Gasteiger partial charge on any atom is 0.408 e. The molecule has 0 heterocycles. The normalized spacial score (nSPS) is 14.5. The number of alkyl carbamates (subject to hydrolysis) is 1. The van der Waals surface area contributed by atoms with Gasteiger partial charge in [-0.15, -0.1) is 0 Å². The number of hydrogen-bond donors (Lipinski definition) is 2. The van der Waals surface area contributed by atoms with Crippen molar-refractivity contribution in [3.8, 4) is 0 Å². The second kappa shape index (κ2) is 8.44. The Morgan fingerprint density at radius 1 is 1.29 bits per heavy atom. The first-order valence-electron chi connectivity index (χ1n) is 6.98. The topological polar surface area (TPSA) is 92.7 Å². The van der Waals surface area contributed by atoms with Crippen molar-refractivity contribution in [3.05, 3.63) is 12.2 Å². The van der Waals surface area contributed by atoms with Crippen LogP contribution in [0.2, 0.25) is 0 Å². The highest BCUT2D eigenvalue weighted by atomic mass is 16.6. The number of aliphatic carboxylic acids is 1. The van der Waals surface area contributed by atoms with E-state index in [1.165, 1.54) is 6.08 Å². The minimum Gasteiger partial charge on any atom is -0.478 e. The third-order valence-electron chi connectivity index (χ3n) is 2.71. The highest BCUT2D eigenvalue weighted by Gasteiger charge is 2.22. The maximum atomic E-state index is 12.0. The first-order valence-corrected chi connectivity index (χ1v) is 6.98. The zero-order chi connectivity index (χ0) is 16.6. The predicted octanol–water partition coefficient (Wildman–Crippen LogP) is 2.53. The molecule has 0 aromatic carbocycles. The number of ketones is 1. The molecule has 0 radical (unpaired) electrons. The predicted molar refractivity (Wildman–Crippen MR) is 79.0 cm³/mol. The summed E-state index contributed by atoms with van der Waals surface area (Å²) < 4.78 is 5.07. The van der Waals surface area contributed by atoms with Gasteiger partial charge >= 0.3 is 12.1 Å². The van der Waals surface area contributed by atoms with Gasteiger partial charge in [0.25, 0.3) is 0 Å². The summed E-state index contributed by atoms with van der Waals surface area (Å²) in [6.45, 7) is 8.67. The number of ether oxygens (including phenoxy) is 1. The summed E-state index contributed by atoms with van der Waals surface area (Å²) in [6.07, 6.45) is 2.72. The molecule has 0 aromatic rings. The second-order valence-corrected chi connectivity index (χ2v) is 5.90. The lowest BCUT2D eigenvalue weighted by atomic mass is 9.96. The first-order chi connectivity index (χ1) is 9.55. The van der Waals surface area contributed by atoms with Crippen LogP contribution < -0.4 is 5.32 Å². The lowest BCUT2D eigenvalue weighted by Gasteiger charge is -2.22. The zero-order valence-corrected chi connectivity index (χ0v) is 13.3. The molecule has 0 unspecified atom stereocenters. The van der Waals surface area contributed by atoms with E-state index in [2.05, 4.69) is 5.32 Å². The Hall–Kier alpha value is -1.85. The van der Waals surface area contributed by atoms with E-state index in [0.29, 0.717) is 6.42 Å². The van der Waals surface area contributed by atoms with E-state index in [1.54, 1.807) is 27.7 Å². The van der Waals surface area contributed by atoms with E-state index in [9.17, 15) is 14.4 Å². The minimum atomic E-state index is -1.04. The number of carbonyl (C=O) groups is 3. The summed E-state index contributed by atoms with van der Waals surface area (Å²) in [5.41, 5.74) is -0.622. The Morgan fingerprint density at radius 2 is 1.86 bits per heavy atom. The van der Waals surface area contributed by atoms with Crippen LogP contribution in [0.4, 0.5) is 4.79 Å². The van der Waals surface area contributed by atoms with Crippen molar-refractivity contribution in [1.29, 1.82) is 0 Å². The summed E-state index contributed by atoms with van der Waals surface area (Å²) in [5, 5.41) is 11.1. The molecule has 0 aliphatic rings. The molecule has 0 aliphatic carbocycles. The van der Waals surface area contributed by atoms with Gasteiger partial charge in [-0.05, 0) is 40.0 Å².